The van der Waals surface area contributed by atoms with Gasteiger partial charge in [-0.3, -0.25) is 9.69 Å². The SMILES string of the molecule is CCN(CC)CC#Cc1cc(C=NNC(=O)c2ccc(O)c(Cl)c2)cc(OC)c1OC. The van der Waals surface area contributed by atoms with Gasteiger partial charge >= 0.3 is 0 Å². The van der Waals surface area contributed by atoms with Gasteiger partial charge in [-0.05, 0) is 49.0 Å². The van der Waals surface area contributed by atoms with Gasteiger partial charge in [-0.15, -0.1) is 0 Å². The van der Waals surface area contributed by atoms with Crippen LogP contribution >= 0.6 is 11.6 Å². The quantitative estimate of drug-likeness (QED) is 0.370. The summed E-state index contributed by atoms with van der Waals surface area (Å²) in [5.41, 5.74) is 4.04. The zero-order valence-electron chi connectivity index (χ0n) is 18.0. The van der Waals surface area contributed by atoms with Crippen molar-refractivity contribution in [3.63, 3.8) is 0 Å². The Kier molecular flexibility index (Phi) is 9.19. The van der Waals surface area contributed by atoms with Crippen molar-refractivity contribution in [3.05, 3.63) is 52.0 Å². The first-order valence-corrected chi connectivity index (χ1v) is 10.1. The highest BCUT2D eigenvalue weighted by Gasteiger charge is 2.11. The Morgan fingerprint density at radius 3 is 2.58 bits per heavy atom. The van der Waals surface area contributed by atoms with Crippen LogP contribution in [0.25, 0.3) is 0 Å². The maximum Gasteiger partial charge on any atom is 0.271 e. The molecule has 8 heteroatoms. The van der Waals surface area contributed by atoms with E-state index in [-0.39, 0.29) is 16.3 Å². The molecule has 2 aromatic carbocycles. The van der Waals surface area contributed by atoms with Crippen molar-refractivity contribution in [1.29, 1.82) is 0 Å². The van der Waals surface area contributed by atoms with Crippen molar-refractivity contribution in [2.24, 2.45) is 5.10 Å². The van der Waals surface area contributed by atoms with Crippen molar-refractivity contribution >= 4 is 23.7 Å². The highest BCUT2D eigenvalue weighted by molar-refractivity contribution is 6.32. The van der Waals surface area contributed by atoms with E-state index in [1.54, 1.807) is 20.3 Å². The maximum atomic E-state index is 12.2. The van der Waals surface area contributed by atoms with E-state index in [1.807, 2.05) is 6.07 Å². The third-order valence-corrected chi connectivity index (χ3v) is 4.81. The normalized spacial score (nSPS) is 10.6. The van der Waals surface area contributed by atoms with E-state index < -0.39 is 5.91 Å². The summed E-state index contributed by atoms with van der Waals surface area (Å²) >= 11 is 5.84. The predicted octanol–water partition coefficient (Wildman–Crippen LogP) is 3.52. The molecule has 0 unspecified atom stereocenters. The van der Waals surface area contributed by atoms with Crippen LogP contribution in [0.3, 0.4) is 0 Å². The van der Waals surface area contributed by atoms with E-state index in [4.69, 9.17) is 21.1 Å². The molecule has 0 aromatic heterocycles. The van der Waals surface area contributed by atoms with Gasteiger partial charge in [-0.1, -0.05) is 37.3 Å². The maximum absolute atomic E-state index is 12.2. The fourth-order valence-corrected chi connectivity index (χ4v) is 2.91. The number of carbonyl (C=O) groups excluding carboxylic acids is 1. The van der Waals surface area contributed by atoms with Gasteiger partial charge in [0.25, 0.3) is 5.91 Å². The molecule has 2 rings (SSSR count). The summed E-state index contributed by atoms with van der Waals surface area (Å²) < 4.78 is 10.9. The fourth-order valence-electron chi connectivity index (χ4n) is 2.72. The van der Waals surface area contributed by atoms with Crippen LogP contribution in [0.4, 0.5) is 0 Å². The minimum absolute atomic E-state index is 0.0875. The molecule has 0 saturated heterocycles. The van der Waals surface area contributed by atoms with Crippen LogP contribution in [0.5, 0.6) is 17.2 Å². The number of hydrogen-bond acceptors (Lipinski definition) is 6. The summed E-state index contributed by atoms with van der Waals surface area (Å²) in [5, 5.41) is 13.5. The summed E-state index contributed by atoms with van der Waals surface area (Å²) in [6.07, 6.45) is 1.48. The van der Waals surface area contributed by atoms with E-state index in [2.05, 4.69) is 41.1 Å². The van der Waals surface area contributed by atoms with Crippen LogP contribution in [-0.4, -0.2) is 56.0 Å². The Morgan fingerprint density at radius 2 is 1.97 bits per heavy atom. The molecular formula is C23H26ClN3O4. The Morgan fingerprint density at radius 1 is 1.23 bits per heavy atom. The van der Waals surface area contributed by atoms with Gasteiger partial charge in [0, 0.05) is 5.56 Å². The monoisotopic (exact) mass is 443 g/mol. The van der Waals surface area contributed by atoms with E-state index in [1.165, 1.54) is 24.4 Å². The number of phenols is 1. The summed E-state index contributed by atoms with van der Waals surface area (Å²) in [7, 11) is 3.10. The van der Waals surface area contributed by atoms with Gasteiger partial charge < -0.3 is 14.6 Å². The Balaban J connectivity index is 2.22. The van der Waals surface area contributed by atoms with E-state index >= 15 is 0 Å². The third-order valence-electron chi connectivity index (χ3n) is 4.51. The highest BCUT2D eigenvalue weighted by atomic mass is 35.5. The van der Waals surface area contributed by atoms with Crippen molar-refractivity contribution in [2.45, 2.75) is 13.8 Å². The lowest BCUT2D eigenvalue weighted by Crippen LogP contribution is -2.22. The van der Waals surface area contributed by atoms with Crippen LogP contribution in [-0.2, 0) is 0 Å². The second kappa shape index (κ2) is 11.8. The number of carbonyl (C=O) groups is 1. The minimum atomic E-state index is -0.460. The number of ether oxygens (including phenoxy) is 2. The topological polar surface area (TPSA) is 83.4 Å². The third kappa shape index (κ3) is 6.64. The zero-order chi connectivity index (χ0) is 22.8. The number of nitrogens with one attached hydrogen (secondary N) is 1. The van der Waals surface area contributed by atoms with Crippen LogP contribution in [0.2, 0.25) is 5.02 Å². The number of hydrazone groups is 1. The zero-order valence-corrected chi connectivity index (χ0v) is 18.8. The molecule has 0 heterocycles. The lowest BCUT2D eigenvalue weighted by molar-refractivity contribution is 0.0955. The molecule has 1 amide bonds. The summed E-state index contributed by atoms with van der Waals surface area (Å²) in [5.74, 6) is 6.78. The van der Waals surface area contributed by atoms with E-state index in [0.29, 0.717) is 29.2 Å². The van der Waals surface area contributed by atoms with Crippen molar-refractivity contribution in [1.82, 2.24) is 10.3 Å². The average molecular weight is 444 g/mol. The molecule has 31 heavy (non-hydrogen) atoms. The highest BCUT2D eigenvalue weighted by Crippen LogP contribution is 2.31. The van der Waals surface area contributed by atoms with Gasteiger partial charge in [0.05, 0.1) is 37.6 Å². The standard InChI is InChI=1S/C23H26ClN3O4/c1-5-27(6-2)11-7-8-17-12-16(13-21(30-3)22(17)31-4)15-25-26-23(29)18-9-10-20(28)19(24)14-18/h9-10,12-15,28H,5-6,11H2,1-4H3,(H,26,29). The largest absolute Gasteiger partial charge is 0.506 e. The van der Waals surface area contributed by atoms with E-state index in [0.717, 1.165) is 13.1 Å². The van der Waals surface area contributed by atoms with Crippen LogP contribution in [0, 0.1) is 11.8 Å². The number of nitrogens with zero attached hydrogens (tertiary/aromatic N) is 2. The molecule has 0 radical (unpaired) electrons. The molecule has 0 saturated carbocycles. The number of rotatable bonds is 8. The number of phenolic OH excluding ortho intramolecular Hbond substituents is 1. The summed E-state index contributed by atoms with van der Waals surface area (Å²) in [6.45, 7) is 6.66. The van der Waals surface area contributed by atoms with Crippen LogP contribution in [0.1, 0.15) is 35.3 Å². The van der Waals surface area contributed by atoms with Gasteiger partial charge in [-0.2, -0.15) is 5.10 Å². The first-order chi connectivity index (χ1) is 14.9. The molecule has 7 nitrogen and oxygen atoms in total. The number of amides is 1. The molecule has 2 aromatic rings. The fraction of sp³-hybridized carbons (Fsp3) is 0.304. The molecule has 0 bridgehead atoms. The van der Waals surface area contributed by atoms with Crippen LogP contribution < -0.4 is 14.9 Å². The van der Waals surface area contributed by atoms with Crippen molar-refractivity contribution < 1.29 is 19.4 Å². The second-order valence-electron chi connectivity index (χ2n) is 6.43. The molecular weight excluding hydrogens is 418 g/mol. The number of aromatic hydroxyl groups is 1. The number of methoxy groups -OCH3 is 2. The van der Waals surface area contributed by atoms with Crippen molar-refractivity contribution in [3.8, 4) is 29.1 Å². The summed E-state index contributed by atoms with van der Waals surface area (Å²) in [4.78, 5) is 14.4. The molecule has 0 aliphatic rings. The smallest absolute Gasteiger partial charge is 0.271 e. The first-order valence-electron chi connectivity index (χ1n) is 9.72. The van der Waals surface area contributed by atoms with Gasteiger partial charge in [0.1, 0.15) is 5.75 Å². The predicted molar refractivity (Wildman–Crippen MR) is 122 cm³/mol. The summed E-state index contributed by atoms with van der Waals surface area (Å²) in [6, 6.07) is 7.71. The Hall–Kier alpha value is -3.21. The molecule has 0 atom stereocenters. The minimum Gasteiger partial charge on any atom is -0.506 e. The Labute approximate surface area is 187 Å². The number of benzene rings is 2. The first kappa shape index (κ1) is 24.1. The average Bonchev–Trinajstić information content (AvgIpc) is 2.78. The molecule has 0 spiro atoms. The molecule has 0 aliphatic carbocycles. The number of hydrogen-bond donors (Lipinski definition) is 2. The van der Waals surface area contributed by atoms with E-state index in [9.17, 15) is 9.90 Å². The Bertz CT molecular complexity index is 1010. The van der Waals surface area contributed by atoms with Crippen LogP contribution in [0.15, 0.2) is 35.4 Å². The number of halogens is 1. The lowest BCUT2D eigenvalue weighted by atomic mass is 10.1. The van der Waals surface area contributed by atoms with Gasteiger partial charge in [0.2, 0.25) is 0 Å². The molecule has 0 fully saturated rings. The lowest BCUT2D eigenvalue weighted by Gasteiger charge is -2.13. The second-order valence-corrected chi connectivity index (χ2v) is 6.84. The molecule has 164 valence electrons. The molecule has 0 aliphatic heterocycles. The van der Waals surface area contributed by atoms with Gasteiger partial charge in [0.15, 0.2) is 11.5 Å². The van der Waals surface area contributed by atoms with Gasteiger partial charge in [-0.25, -0.2) is 5.43 Å². The van der Waals surface area contributed by atoms with Crippen molar-refractivity contribution in [2.75, 3.05) is 33.9 Å². The molecule has 2 N–H and O–H groups in total.